The number of hydrazone groups is 1. The molecule has 4 aromatic rings. The Balaban J connectivity index is 1.64. The number of nitrogens with zero attached hydrogens (tertiary/aromatic N) is 2. The third-order valence-electron chi connectivity index (χ3n) is 5.21. The first-order chi connectivity index (χ1) is 15.5. The summed E-state index contributed by atoms with van der Waals surface area (Å²) in [4.78, 5) is 24.3. The van der Waals surface area contributed by atoms with Crippen LogP contribution in [0.15, 0.2) is 96.2 Å². The summed E-state index contributed by atoms with van der Waals surface area (Å²) in [5, 5.41) is 25.4. The molecule has 0 unspecified atom stereocenters. The lowest BCUT2D eigenvalue weighted by Crippen LogP contribution is -2.43. The predicted molar refractivity (Wildman–Crippen MR) is 121 cm³/mol. The molecule has 0 aliphatic rings. The molecule has 1 heterocycles. The van der Waals surface area contributed by atoms with E-state index in [1.54, 1.807) is 71.4 Å². The first-order valence-corrected chi connectivity index (χ1v) is 9.96. The van der Waals surface area contributed by atoms with Crippen LogP contribution >= 0.6 is 0 Å². The van der Waals surface area contributed by atoms with Gasteiger partial charge in [-0.1, -0.05) is 78.9 Å². The molecule has 1 aromatic heterocycles. The Labute approximate surface area is 184 Å². The highest BCUT2D eigenvalue weighted by atomic mass is 16.4. The van der Waals surface area contributed by atoms with Gasteiger partial charge in [-0.2, -0.15) is 5.10 Å². The highest BCUT2D eigenvalue weighted by molar-refractivity contribution is 6.00. The van der Waals surface area contributed by atoms with Gasteiger partial charge in [0, 0.05) is 22.7 Å². The molecule has 0 spiro atoms. The molecule has 4 rings (SSSR count). The van der Waals surface area contributed by atoms with Crippen LogP contribution < -0.4 is 5.43 Å². The molecule has 0 bridgehead atoms. The van der Waals surface area contributed by atoms with Crippen LogP contribution in [-0.2, 0) is 21.7 Å². The fraction of sp³-hybridized carbons (Fsp3) is 0.0800. The van der Waals surface area contributed by atoms with Gasteiger partial charge in [-0.25, -0.2) is 5.43 Å². The molecule has 3 N–H and O–H groups in total. The molecule has 160 valence electrons. The molecule has 7 heteroatoms. The highest BCUT2D eigenvalue weighted by Crippen LogP contribution is 2.30. The minimum atomic E-state index is -1.93. The van der Waals surface area contributed by atoms with Gasteiger partial charge in [-0.15, -0.1) is 0 Å². The third kappa shape index (κ3) is 4.01. The van der Waals surface area contributed by atoms with Gasteiger partial charge in [0.2, 0.25) is 0 Å². The summed E-state index contributed by atoms with van der Waals surface area (Å²) in [5.41, 5.74) is 2.72. The van der Waals surface area contributed by atoms with E-state index in [1.807, 2.05) is 24.3 Å². The lowest BCUT2D eigenvalue weighted by molar-refractivity contribution is -0.138. The largest absolute Gasteiger partial charge is 0.480 e. The summed E-state index contributed by atoms with van der Waals surface area (Å²) in [5.74, 6) is -1.67. The Morgan fingerprint density at radius 2 is 1.47 bits per heavy atom. The van der Waals surface area contributed by atoms with Gasteiger partial charge in [0.1, 0.15) is 6.54 Å². The zero-order valence-corrected chi connectivity index (χ0v) is 17.1. The molecule has 0 atom stereocenters. The van der Waals surface area contributed by atoms with Crippen LogP contribution in [0.1, 0.15) is 16.7 Å². The van der Waals surface area contributed by atoms with Crippen molar-refractivity contribution in [2.45, 2.75) is 12.1 Å². The Morgan fingerprint density at radius 3 is 2.06 bits per heavy atom. The smallest absolute Gasteiger partial charge is 0.323 e. The van der Waals surface area contributed by atoms with Crippen molar-refractivity contribution in [1.29, 1.82) is 0 Å². The second kappa shape index (κ2) is 8.87. The monoisotopic (exact) mass is 427 g/mol. The van der Waals surface area contributed by atoms with Crippen molar-refractivity contribution in [3.8, 4) is 0 Å². The van der Waals surface area contributed by atoms with Gasteiger partial charge >= 0.3 is 5.97 Å². The van der Waals surface area contributed by atoms with Crippen LogP contribution in [0.25, 0.3) is 10.9 Å². The maximum atomic E-state index is 13.1. The second-order valence-electron chi connectivity index (χ2n) is 7.26. The Morgan fingerprint density at radius 1 is 0.906 bits per heavy atom. The molecule has 0 radical (unpaired) electrons. The molecule has 0 aliphatic carbocycles. The topological polar surface area (TPSA) is 104 Å². The fourth-order valence-electron chi connectivity index (χ4n) is 3.68. The van der Waals surface area contributed by atoms with Crippen molar-refractivity contribution in [3.05, 3.63) is 108 Å². The van der Waals surface area contributed by atoms with Crippen LogP contribution in [0.4, 0.5) is 0 Å². The number of para-hydroxylation sites is 1. The molecular weight excluding hydrogens is 406 g/mol. The van der Waals surface area contributed by atoms with Crippen LogP contribution in [0.2, 0.25) is 0 Å². The summed E-state index contributed by atoms with van der Waals surface area (Å²) in [6.45, 7) is -0.192. The Bertz CT molecular complexity index is 1240. The average Bonchev–Trinajstić information content (AvgIpc) is 3.16. The van der Waals surface area contributed by atoms with E-state index in [9.17, 15) is 14.7 Å². The van der Waals surface area contributed by atoms with Crippen LogP contribution in [-0.4, -0.2) is 32.9 Å². The van der Waals surface area contributed by atoms with E-state index in [0.29, 0.717) is 16.7 Å². The molecule has 32 heavy (non-hydrogen) atoms. The Kier molecular flexibility index (Phi) is 5.83. The van der Waals surface area contributed by atoms with Gasteiger partial charge < -0.3 is 14.8 Å². The quantitative estimate of drug-likeness (QED) is 0.311. The molecule has 0 saturated carbocycles. The zero-order valence-electron chi connectivity index (χ0n) is 17.1. The van der Waals surface area contributed by atoms with Crippen molar-refractivity contribution in [2.75, 3.05) is 0 Å². The van der Waals surface area contributed by atoms with E-state index < -0.39 is 17.5 Å². The summed E-state index contributed by atoms with van der Waals surface area (Å²) >= 11 is 0. The maximum absolute atomic E-state index is 13.1. The number of aliphatic hydroxyl groups is 1. The van der Waals surface area contributed by atoms with E-state index in [2.05, 4.69) is 10.5 Å². The first kappa shape index (κ1) is 21.0. The Hall–Kier alpha value is -4.23. The molecule has 7 nitrogen and oxygen atoms in total. The molecule has 0 aliphatic heterocycles. The summed E-state index contributed by atoms with van der Waals surface area (Å²) in [6.07, 6.45) is 3.10. The summed E-state index contributed by atoms with van der Waals surface area (Å²) in [6, 6.07) is 24.6. The van der Waals surface area contributed by atoms with Crippen LogP contribution in [0.5, 0.6) is 0 Å². The number of carboxylic acid groups (broad SMARTS) is 1. The number of benzene rings is 3. The number of carboxylic acids is 1. The van der Waals surface area contributed by atoms with E-state index in [0.717, 1.165) is 10.9 Å². The number of aromatic nitrogens is 1. The molecule has 3 aromatic carbocycles. The van der Waals surface area contributed by atoms with Crippen LogP contribution in [0, 0.1) is 0 Å². The number of nitrogens with one attached hydrogen (secondary N) is 1. The number of rotatable bonds is 7. The van der Waals surface area contributed by atoms with Crippen LogP contribution in [0.3, 0.4) is 0 Å². The first-order valence-electron chi connectivity index (χ1n) is 9.96. The fourth-order valence-corrected chi connectivity index (χ4v) is 3.68. The van der Waals surface area contributed by atoms with Gasteiger partial charge in [0.25, 0.3) is 5.91 Å². The average molecular weight is 427 g/mol. The van der Waals surface area contributed by atoms with Gasteiger partial charge in [-0.3, -0.25) is 9.59 Å². The number of carbonyl (C=O) groups is 2. The third-order valence-corrected chi connectivity index (χ3v) is 5.21. The standard InChI is InChI=1S/C25H21N3O4/c29-23(30)17-28-16-18(21-13-7-8-14-22(21)28)15-26-27-24(31)25(32,19-9-3-1-4-10-19)20-11-5-2-6-12-20/h1-16,32H,17H2,(H,27,31)(H,29,30)/b26-15+. The van der Waals surface area contributed by atoms with Crippen molar-refractivity contribution in [2.24, 2.45) is 5.10 Å². The summed E-state index contributed by atoms with van der Waals surface area (Å²) < 4.78 is 1.60. The zero-order chi connectivity index (χ0) is 22.6. The number of fused-ring (bicyclic) bond motifs is 1. The minimum absolute atomic E-state index is 0.192. The van der Waals surface area contributed by atoms with Gasteiger partial charge in [-0.05, 0) is 17.2 Å². The van der Waals surface area contributed by atoms with E-state index in [-0.39, 0.29) is 6.54 Å². The van der Waals surface area contributed by atoms with E-state index in [4.69, 9.17) is 5.11 Å². The van der Waals surface area contributed by atoms with Crippen molar-refractivity contribution in [3.63, 3.8) is 0 Å². The lowest BCUT2D eigenvalue weighted by Gasteiger charge is -2.27. The van der Waals surface area contributed by atoms with Crippen molar-refractivity contribution >= 4 is 29.0 Å². The molecule has 0 fully saturated rings. The normalized spacial score (nSPS) is 11.7. The summed E-state index contributed by atoms with van der Waals surface area (Å²) in [7, 11) is 0. The lowest BCUT2D eigenvalue weighted by atomic mass is 9.85. The van der Waals surface area contributed by atoms with E-state index in [1.165, 1.54) is 6.21 Å². The number of aliphatic carboxylic acids is 1. The maximum Gasteiger partial charge on any atom is 0.323 e. The number of amides is 1. The van der Waals surface area contributed by atoms with Gasteiger partial charge in [0.05, 0.1) is 6.21 Å². The molecule has 1 amide bonds. The SMILES string of the molecule is O=C(O)Cn1cc(/C=N/NC(=O)C(O)(c2ccccc2)c2ccccc2)c2ccccc21. The highest BCUT2D eigenvalue weighted by Gasteiger charge is 2.39. The number of hydrogen-bond acceptors (Lipinski definition) is 4. The molecule has 0 saturated heterocycles. The van der Waals surface area contributed by atoms with E-state index >= 15 is 0 Å². The number of carbonyl (C=O) groups excluding carboxylic acids is 1. The molecular formula is C25H21N3O4. The number of hydrogen-bond donors (Lipinski definition) is 3. The van der Waals surface area contributed by atoms with Crippen molar-refractivity contribution in [1.82, 2.24) is 9.99 Å². The predicted octanol–water partition coefficient (Wildman–Crippen LogP) is 3.11. The second-order valence-corrected chi connectivity index (χ2v) is 7.26. The minimum Gasteiger partial charge on any atom is -0.480 e. The van der Waals surface area contributed by atoms with Crippen molar-refractivity contribution < 1.29 is 19.8 Å². The van der Waals surface area contributed by atoms with Gasteiger partial charge in [0.15, 0.2) is 5.60 Å².